The van der Waals surface area contributed by atoms with Crippen molar-refractivity contribution < 1.29 is 28.1 Å². The van der Waals surface area contributed by atoms with Gasteiger partial charge in [0.25, 0.3) is 13.9 Å². The summed E-state index contributed by atoms with van der Waals surface area (Å²) in [5.74, 6) is 1.19. The van der Waals surface area contributed by atoms with Gasteiger partial charge in [-0.25, -0.2) is 4.79 Å². The van der Waals surface area contributed by atoms with Crippen molar-refractivity contribution in [1.82, 2.24) is 9.55 Å². The Kier molecular flexibility index (Phi) is 10.4. The van der Waals surface area contributed by atoms with Crippen molar-refractivity contribution in [3.05, 3.63) is 105 Å². The molecule has 12 heteroatoms. The van der Waals surface area contributed by atoms with Gasteiger partial charge in [-0.15, -0.1) is 0 Å². The molecule has 1 aliphatic heterocycles. The molecule has 10 nitrogen and oxygen atoms in total. The molecule has 2 heterocycles. The number of ether oxygens (including phenoxy) is 3. The normalized spacial score (nSPS) is 22.0. The lowest BCUT2D eigenvalue weighted by atomic mass is 10.1. The zero-order chi connectivity index (χ0) is 30.5. The lowest BCUT2D eigenvalue weighted by Crippen LogP contribution is -2.69. The van der Waals surface area contributed by atoms with Gasteiger partial charge in [0.1, 0.15) is 18.3 Å². The van der Waals surface area contributed by atoms with Crippen molar-refractivity contribution in [2.75, 3.05) is 20.3 Å². The van der Waals surface area contributed by atoms with Gasteiger partial charge in [-0.3, -0.25) is 18.9 Å². The van der Waals surface area contributed by atoms with Crippen LogP contribution in [0.25, 0.3) is 0 Å². The second kappa shape index (κ2) is 13.6. The summed E-state index contributed by atoms with van der Waals surface area (Å²) in [6, 6.07) is 20.1. The van der Waals surface area contributed by atoms with E-state index >= 15 is 0 Å². The van der Waals surface area contributed by atoms with Crippen LogP contribution in [0.15, 0.2) is 88.3 Å². The molecule has 1 aliphatic rings. The van der Waals surface area contributed by atoms with Crippen LogP contribution in [0.1, 0.15) is 32.6 Å². The van der Waals surface area contributed by atoms with Crippen LogP contribution in [0, 0.1) is 6.92 Å². The van der Waals surface area contributed by atoms with Crippen LogP contribution >= 0.6 is 8.03 Å². The number of nitrogens with zero attached hydrogens (tertiary/aromatic N) is 1. The number of aryl methyl sites for hydroxylation is 1. The van der Waals surface area contributed by atoms with Crippen molar-refractivity contribution >= 4 is 26.7 Å². The summed E-state index contributed by atoms with van der Waals surface area (Å²) in [5, 5.41) is 1.66. The minimum Gasteiger partial charge on any atom is -0.399 e. The van der Waals surface area contributed by atoms with Gasteiger partial charge in [0, 0.05) is 18.9 Å². The number of aromatic nitrogens is 2. The molecule has 0 aliphatic carbocycles. The molecular weight excluding hydrogens is 575 g/mol. The van der Waals surface area contributed by atoms with Gasteiger partial charge >= 0.3 is 5.69 Å². The minimum absolute atomic E-state index is 0.172. The molecule has 0 radical (unpaired) electrons. The van der Waals surface area contributed by atoms with E-state index in [2.05, 4.69) is 50.0 Å². The summed E-state index contributed by atoms with van der Waals surface area (Å²) in [5.41, 5.74) is -0.847. The van der Waals surface area contributed by atoms with Crippen LogP contribution in [0.4, 0.5) is 0 Å². The van der Waals surface area contributed by atoms with E-state index < -0.39 is 57.2 Å². The quantitative estimate of drug-likeness (QED) is 0.192. The predicted octanol–water partition coefficient (Wildman–Crippen LogP) is 2.70. The molecule has 2 N–H and O–H groups in total. The number of rotatable bonds is 11. The number of nitrogens with one attached hydrogen (secondary N) is 1. The van der Waals surface area contributed by atoms with E-state index in [0.717, 1.165) is 10.4 Å². The molecule has 5 atom stereocenters. The first-order valence-corrected chi connectivity index (χ1v) is 17.1. The lowest BCUT2D eigenvalue weighted by Gasteiger charge is -2.45. The Hall–Kier alpha value is -2.89. The summed E-state index contributed by atoms with van der Waals surface area (Å²) >= 11 is 0. The van der Waals surface area contributed by atoms with E-state index in [9.17, 15) is 19.0 Å². The molecular formula is C30H39N2O8PSi. The van der Waals surface area contributed by atoms with Crippen molar-refractivity contribution in [2.45, 2.75) is 57.3 Å². The molecule has 226 valence electrons. The van der Waals surface area contributed by atoms with Crippen LogP contribution in [0.5, 0.6) is 0 Å². The molecule has 4 rings (SSSR count). The third-order valence-electron chi connectivity index (χ3n) is 7.40. The summed E-state index contributed by atoms with van der Waals surface area (Å²) in [7, 11) is -4.60. The Morgan fingerprint density at radius 2 is 1.62 bits per heavy atom. The fraction of sp³-hybridized carbons (Fsp3) is 0.400. The molecule has 0 amide bonds. The second-order valence-corrected chi connectivity index (χ2v) is 16.5. The van der Waals surface area contributed by atoms with Gasteiger partial charge in [-0.05, 0) is 34.2 Å². The van der Waals surface area contributed by atoms with Gasteiger partial charge in [-0.1, -0.05) is 81.4 Å². The maximum atomic E-state index is 13.0. The van der Waals surface area contributed by atoms with E-state index in [0.29, 0.717) is 5.56 Å². The summed E-state index contributed by atoms with van der Waals surface area (Å²) in [4.78, 5) is 37.2. The molecule has 0 saturated carbocycles. The fourth-order valence-electron chi connectivity index (χ4n) is 5.47. The topological polar surface area (TPSA) is 129 Å². The largest absolute Gasteiger partial charge is 0.399 e. The Bertz CT molecular complexity index is 1460. The molecule has 1 aromatic heterocycles. The highest BCUT2D eigenvalue weighted by molar-refractivity contribution is 7.41. The molecule has 42 heavy (non-hydrogen) atoms. The number of hydrogen-bond acceptors (Lipinski definition) is 7. The molecule has 3 aromatic rings. The maximum Gasteiger partial charge on any atom is 0.330 e. The number of H-pyrrole nitrogens is 1. The van der Waals surface area contributed by atoms with Crippen LogP contribution in [0.3, 0.4) is 0 Å². The first kappa shape index (κ1) is 32.0. The van der Waals surface area contributed by atoms with Crippen LogP contribution in [0.2, 0.25) is 5.04 Å². The zero-order valence-corrected chi connectivity index (χ0v) is 26.5. The minimum atomic E-state index is -3.17. The highest BCUT2D eigenvalue weighted by Gasteiger charge is 2.56. The smallest absolute Gasteiger partial charge is 0.330 e. The molecule has 0 spiro atoms. The Morgan fingerprint density at radius 1 is 1.02 bits per heavy atom. The van der Waals surface area contributed by atoms with E-state index in [1.165, 1.54) is 22.7 Å². The zero-order valence-electron chi connectivity index (χ0n) is 24.5. The monoisotopic (exact) mass is 614 g/mol. The third kappa shape index (κ3) is 6.68. The van der Waals surface area contributed by atoms with Crippen molar-refractivity contribution in [1.29, 1.82) is 0 Å². The number of aromatic amines is 1. The van der Waals surface area contributed by atoms with Gasteiger partial charge in [0.2, 0.25) is 8.03 Å². The van der Waals surface area contributed by atoms with Crippen molar-refractivity contribution in [3.63, 3.8) is 0 Å². The molecule has 1 unspecified atom stereocenters. The summed E-state index contributed by atoms with van der Waals surface area (Å²) < 4.78 is 38.5. The predicted molar refractivity (Wildman–Crippen MR) is 164 cm³/mol. The van der Waals surface area contributed by atoms with E-state index in [1.807, 2.05) is 36.4 Å². The van der Waals surface area contributed by atoms with Crippen molar-refractivity contribution in [2.24, 2.45) is 0 Å². The van der Waals surface area contributed by atoms with E-state index in [-0.39, 0.29) is 13.2 Å². The van der Waals surface area contributed by atoms with Crippen molar-refractivity contribution in [3.8, 4) is 0 Å². The molecule has 1 fully saturated rings. The fourth-order valence-corrected chi connectivity index (χ4v) is 10.5. The first-order valence-electron chi connectivity index (χ1n) is 13.8. The number of hydrogen-bond donors (Lipinski definition) is 2. The van der Waals surface area contributed by atoms with Gasteiger partial charge < -0.3 is 23.5 Å². The molecule has 1 saturated heterocycles. The summed E-state index contributed by atoms with van der Waals surface area (Å²) in [6.45, 7) is 8.46. The molecule has 0 bridgehead atoms. The standard InChI is InChI=1S/C30H39N2O8PSi/c1-21-20-32(29(34)31-27(21)33)28-26(38-18-17-37-5)25(24(39-28)16-19-41(35)36)40-42(30(2,3)4,22-12-8-6-9-13-22)23-14-10-7-11-15-23/h6-16,19-20,24-26,28,41H,17-18H2,1-5H3,(H,35,36)(H,31,33,34)/b19-16+/t24-,25-,26-,28-/m1/s1. The lowest BCUT2D eigenvalue weighted by molar-refractivity contribution is -0.0766. The average Bonchev–Trinajstić information content (AvgIpc) is 3.29. The third-order valence-corrected chi connectivity index (χ3v) is 12.9. The Balaban J connectivity index is 1.94. The van der Waals surface area contributed by atoms with Gasteiger partial charge in [0.15, 0.2) is 6.23 Å². The van der Waals surface area contributed by atoms with Gasteiger partial charge in [0.05, 0.1) is 13.2 Å². The number of benzene rings is 2. The van der Waals surface area contributed by atoms with Crippen LogP contribution in [-0.4, -0.2) is 61.4 Å². The highest BCUT2D eigenvalue weighted by atomic mass is 31.1. The second-order valence-electron chi connectivity index (χ2n) is 11.2. The van der Waals surface area contributed by atoms with E-state index in [1.54, 1.807) is 14.0 Å². The Labute approximate surface area is 246 Å². The van der Waals surface area contributed by atoms with Crippen LogP contribution in [-0.2, 0) is 23.2 Å². The average molecular weight is 615 g/mol. The molecule has 2 aromatic carbocycles. The SMILES string of the molecule is COCCO[C@@H]1[C@H](O[Si](c2ccccc2)(c2ccccc2)C(C)(C)C)[C@@H](/C=C/[PH](=O)O)O[C@H]1n1cc(C)c(=O)[nH]c1=O. The highest BCUT2D eigenvalue weighted by Crippen LogP contribution is 2.42. The van der Waals surface area contributed by atoms with E-state index in [4.69, 9.17) is 18.6 Å². The maximum absolute atomic E-state index is 13.0. The number of methoxy groups -OCH3 is 1. The van der Waals surface area contributed by atoms with Crippen LogP contribution < -0.4 is 21.6 Å². The summed E-state index contributed by atoms with van der Waals surface area (Å²) in [6.07, 6.45) is -0.595. The van der Waals surface area contributed by atoms with Gasteiger partial charge in [-0.2, -0.15) is 0 Å². The Morgan fingerprint density at radius 3 is 2.14 bits per heavy atom. The first-order chi connectivity index (χ1) is 20.0.